The molecule has 2 N–H and O–H groups in total. The zero-order chi connectivity index (χ0) is 24.7. The van der Waals surface area contributed by atoms with Crippen LogP contribution in [-0.2, 0) is 0 Å². The Kier molecular flexibility index (Phi) is 6.59. The minimum absolute atomic E-state index is 0.0249. The largest absolute Gasteiger partial charge is 0.495 e. The Morgan fingerprint density at radius 2 is 2.03 bits per heavy atom. The fourth-order valence-electron chi connectivity index (χ4n) is 5.12. The minimum Gasteiger partial charge on any atom is -0.495 e. The molecule has 8 nitrogen and oxygen atoms in total. The lowest BCUT2D eigenvalue weighted by Crippen LogP contribution is -2.44. The highest BCUT2D eigenvalue weighted by Gasteiger charge is 2.35. The average molecular weight is 498 g/mol. The van der Waals surface area contributed by atoms with Crippen LogP contribution in [-0.4, -0.2) is 58.2 Å². The summed E-state index contributed by atoms with van der Waals surface area (Å²) in [5.74, 6) is 1.24. The molecular formula is C26H32ClN5O3. The fraction of sp³-hybridized carbons (Fsp3) is 0.500. The second-order valence-electron chi connectivity index (χ2n) is 9.98. The molecule has 5 rings (SSSR count). The topological polar surface area (TPSA) is 91.7 Å². The van der Waals surface area contributed by atoms with Crippen molar-refractivity contribution >= 4 is 23.0 Å². The molecule has 1 saturated carbocycles. The first-order valence-corrected chi connectivity index (χ1v) is 12.8. The van der Waals surface area contributed by atoms with Crippen molar-refractivity contribution in [3.63, 3.8) is 0 Å². The average Bonchev–Trinajstić information content (AvgIpc) is 3.40. The highest BCUT2D eigenvalue weighted by Crippen LogP contribution is 2.34. The highest BCUT2D eigenvalue weighted by atomic mass is 35.5. The van der Waals surface area contributed by atoms with E-state index in [0.29, 0.717) is 44.7 Å². The molecule has 1 aromatic carbocycles. The Balaban J connectivity index is 1.50. The molecule has 186 valence electrons. The number of carbonyl (C=O) groups excluding carboxylic acids is 1. The SMILES string of the molecule is COc1cc(-c2nn3cc(C(=O)NC(CN4CCCC4)C4CC4)c(C(C)C)c3c(=O)[nH]2)ccc1Cl. The van der Waals surface area contributed by atoms with Gasteiger partial charge >= 0.3 is 0 Å². The second-order valence-corrected chi connectivity index (χ2v) is 10.4. The number of nitrogens with one attached hydrogen (secondary N) is 2. The molecule has 2 aromatic heterocycles. The third-order valence-electron chi connectivity index (χ3n) is 7.09. The maximum Gasteiger partial charge on any atom is 0.275 e. The summed E-state index contributed by atoms with van der Waals surface area (Å²) in [6.45, 7) is 7.08. The number of aromatic nitrogens is 3. The number of fused-ring (bicyclic) bond motifs is 1. The van der Waals surface area contributed by atoms with Gasteiger partial charge in [-0.25, -0.2) is 4.52 Å². The maximum absolute atomic E-state index is 13.5. The van der Waals surface area contributed by atoms with Crippen molar-refractivity contribution in [2.24, 2.45) is 5.92 Å². The van der Waals surface area contributed by atoms with Crippen LogP contribution in [0.5, 0.6) is 5.75 Å². The van der Waals surface area contributed by atoms with Crippen LogP contribution in [0.25, 0.3) is 16.9 Å². The summed E-state index contributed by atoms with van der Waals surface area (Å²) in [6.07, 6.45) is 6.45. The van der Waals surface area contributed by atoms with Gasteiger partial charge < -0.3 is 19.9 Å². The van der Waals surface area contributed by atoms with E-state index in [0.717, 1.165) is 32.5 Å². The zero-order valence-corrected chi connectivity index (χ0v) is 21.2. The molecule has 9 heteroatoms. The van der Waals surface area contributed by atoms with Crippen molar-refractivity contribution < 1.29 is 9.53 Å². The van der Waals surface area contributed by atoms with Crippen LogP contribution < -0.4 is 15.6 Å². The number of hydrogen-bond donors (Lipinski definition) is 2. The van der Waals surface area contributed by atoms with Gasteiger partial charge in [-0.15, -0.1) is 5.10 Å². The number of amides is 1. The number of halogens is 1. The van der Waals surface area contributed by atoms with E-state index >= 15 is 0 Å². The molecular weight excluding hydrogens is 466 g/mol. The lowest BCUT2D eigenvalue weighted by molar-refractivity contribution is 0.0920. The van der Waals surface area contributed by atoms with Crippen LogP contribution in [0.4, 0.5) is 0 Å². The van der Waals surface area contributed by atoms with E-state index in [1.165, 1.54) is 24.5 Å². The smallest absolute Gasteiger partial charge is 0.275 e. The van der Waals surface area contributed by atoms with Gasteiger partial charge in [0, 0.05) is 29.9 Å². The number of methoxy groups -OCH3 is 1. The Morgan fingerprint density at radius 1 is 1.29 bits per heavy atom. The van der Waals surface area contributed by atoms with E-state index in [1.54, 1.807) is 24.4 Å². The van der Waals surface area contributed by atoms with Gasteiger partial charge in [-0.3, -0.25) is 9.59 Å². The van der Waals surface area contributed by atoms with Gasteiger partial charge in [-0.05, 0) is 68.8 Å². The van der Waals surface area contributed by atoms with Crippen molar-refractivity contribution in [2.45, 2.75) is 51.5 Å². The van der Waals surface area contributed by atoms with Gasteiger partial charge in [0.15, 0.2) is 5.82 Å². The summed E-state index contributed by atoms with van der Waals surface area (Å²) in [7, 11) is 1.54. The predicted molar refractivity (Wildman–Crippen MR) is 137 cm³/mol. The summed E-state index contributed by atoms with van der Waals surface area (Å²) in [6, 6.07) is 5.33. The predicted octanol–water partition coefficient (Wildman–Crippen LogP) is 4.08. The van der Waals surface area contributed by atoms with Gasteiger partial charge in [0.05, 0.1) is 17.7 Å². The summed E-state index contributed by atoms with van der Waals surface area (Å²) in [5.41, 5.74) is 2.00. The van der Waals surface area contributed by atoms with E-state index in [2.05, 4.69) is 20.3 Å². The molecule has 3 aromatic rings. The van der Waals surface area contributed by atoms with Crippen LogP contribution >= 0.6 is 11.6 Å². The van der Waals surface area contributed by atoms with E-state index < -0.39 is 0 Å². The molecule has 1 aliphatic heterocycles. The monoisotopic (exact) mass is 497 g/mol. The quantitative estimate of drug-likeness (QED) is 0.489. The molecule has 0 bridgehead atoms. The second kappa shape index (κ2) is 9.66. The van der Waals surface area contributed by atoms with Crippen LogP contribution in [0, 0.1) is 5.92 Å². The third-order valence-corrected chi connectivity index (χ3v) is 7.40. The van der Waals surface area contributed by atoms with Crippen molar-refractivity contribution in [1.29, 1.82) is 0 Å². The van der Waals surface area contributed by atoms with Gasteiger partial charge in [0.25, 0.3) is 11.5 Å². The summed E-state index contributed by atoms with van der Waals surface area (Å²) >= 11 is 6.16. The number of hydrogen-bond acceptors (Lipinski definition) is 5. The van der Waals surface area contributed by atoms with Crippen molar-refractivity contribution in [3.05, 3.63) is 50.9 Å². The molecule has 2 fully saturated rings. The lowest BCUT2D eigenvalue weighted by atomic mass is 9.99. The molecule has 3 heterocycles. The maximum atomic E-state index is 13.5. The standard InChI is InChI=1S/C26H32ClN5O3/c1-15(2)22-18(25(33)28-20(16-6-7-16)14-31-10-4-5-11-31)13-32-23(22)26(34)29-24(30-32)17-8-9-19(27)21(12-17)35-3/h8-9,12-13,15-16,20H,4-7,10-11,14H2,1-3H3,(H,28,33)(H,29,30,34). The summed E-state index contributed by atoms with van der Waals surface area (Å²) in [4.78, 5) is 32.1. The fourth-order valence-corrected chi connectivity index (χ4v) is 5.31. The number of likely N-dealkylation sites (tertiary alicyclic amines) is 1. The molecule has 1 saturated heterocycles. The molecule has 35 heavy (non-hydrogen) atoms. The van der Waals surface area contributed by atoms with E-state index in [9.17, 15) is 9.59 Å². The molecule has 1 amide bonds. The van der Waals surface area contributed by atoms with Crippen molar-refractivity contribution in [2.75, 3.05) is 26.7 Å². The summed E-state index contributed by atoms with van der Waals surface area (Å²) in [5, 5.41) is 8.41. The van der Waals surface area contributed by atoms with E-state index in [4.69, 9.17) is 16.3 Å². The Bertz CT molecular complexity index is 1300. The Labute approximate surface area is 209 Å². The number of aromatic amines is 1. The normalized spacial score (nSPS) is 17.3. The van der Waals surface area contributed by atoms with Gasteiger partial charge in [0.2, 0.25) is 0 Å². The van der Waals surface area contributed by atoms with Gasteiger partial charge in [0.1, 0.15) is 11.3 Å². The molecule has 1 unspecified atom stereocenters. The Morgan fingerprint density at radius 3 is 2.69 bits per heavy atom. The summed E-state index contributed by atoms with van der Waals surface area (Å²) < 4.78 is 6.84. The van der Waals surface area contributed by atoms with Crippen LogP contribution in [0.3, 0.4) is 0 Å². The molecule has 1 aliphatic carbocycles. The first kappa shape index (κ1) is 23.9. The molecule has 0 spiro atoms. The third kappa shape index (κ3) is 4.82. The lowest BCUT2D eigenvalue weighted by Gasteiger charge is -2.24. The number of nitrogens with zero attached hydrogens (tertiary/aromatic N) is 3. The number of H-pyrrole nitrogens is 1. The van der Waals surface area contributed by atoms with E-state index in [1.807, 2.05) is 13.8 Å². The van der Waals surface area contributed by atoms with Crippen LogP contribution in [0.15, 0.2) is 29.2 Å². The van der Waals surface area contributed by atoms with Gasteiger partial charge in [-0.2, -0.15) is 0 Å². The number of ether oxygens (including phenoxy) is 1. The minimum atomic E-state index is -0.289. The molecule has 1 atom stereocenters. The van der Waals surface area contributed by atoms with Crippen molar-refractivity contribution in [3.8, 4) is 17.1 Å². The molecule has 0 radical (unpaired) electrons. The highest BCUT2D eigenvalue weighted by molar-refractivity contribution is 6.32. The first-order valence-electron chi connectivity index (χ1n) is 12.4. The van der Waals surface area contributed by atoms with Gasteiger partial charge in [-0.1, -0.05) is 25.4 Å². The molecule has 2 aliphatic rings. The zero-order valence-electron chi connectivity index (χ0n) is 20.4. The van der Waals surface area contributed by atoms with Crippen molar-refractivity contribution in [1.82, 2.24) is 24.8 Å². The number of carbonyl (C=O) groups is 1. The van der Waals surface area contributed by atoms with Crippen LogP contribution in [0.1, 0.15) is 61.4 Å². The number of rotatable bonds is 8. The Hall–Kier alpha value is -2.84. The van der Waals surface area contributed by atoms with E-state index in [-0.39, 0.29) is 23.4 Å². The number of benzene rings is 1. The first-order chi connectivity index (χ1) is 16.9. The van der Waals surface area contributed by atoms with Crippen LogP contribution in [0.2, 0.25) is 5.02 Å².